The predicted molar refractivity (Wildman–Crippen MR) is 116 cm³/mol. The number of carbonyl (C=O) groups excluding carboxylic acids is 2. The molecule has 1 saturated heterocycles. The van der Waals surface area contributed by atoms with Crippen molar-refractivity contribution in [1.29, 1.82) is 0 Å². The van der Waals surface area contributed by atoms with Gasteiger partial charge in [0.2, 0.25) is 5.91 Å². The molecule has 0 spiro atoms. The van der Waals surface area contributed by atoms with Gasteiger partial charge in [0, 0.05) is 24.7 Å². The Morgan fingerprint density at radius 3 is 2.52 bits per heavy atom. The molecule has 166 valence electrons. The summed E-state index contributed by atoms with van der Waals surface area (Å²) < 4.78 is 33.3. The van der Waals surface area contributed by atoms with Gasteiger partial charge in [-0.05, 0) is 43.2 Å². The van der Waals surface area contributed by atoms with Crippen molar-refractivity contribution in [2.45, 2.75) is 23.8 Å². The number of rotatable bonds is 8. The molecule has 0 aromatic heterocycles. The minimum absolute atomic E-state index is 0.0256. The van der Waals surface area contributed by atoms with E-state index in [-0.39, 0.29) is 34.9 Å². The van der Waals surface area contributed by atoms with Crippen LogP contribution in [0.2, 0.25) is 0 Å². The van der Waals surface area contributed by atoms with Crippen LogP contribution in [0.25, 0.3) is 0 Å². The van der Waals surface area contributed by atoms with Crippen molar-refractivity contribution in [3.8, 4) is 5.75 Å². The Morgan fingerprint density at radius 2 is 1.84 bits per heavy atom. The number of carbonyl (C=O) groups is 2. The highest BCUT2D eigenvalue weighted by atomic mass is 32.2. The molecule has 1 aliphatic rings. The average molecular weight is 447 g/mol. The standard InChI is InChI=1S/C21H26N4O5S/c1-30-19-8-3-2-7-18(19)24-31(28,29)17-6-4-5-15(13-17)21(27)23-16-9-11-25(12-10-16)14-20(22)26/h2-8,13,16,24H,9-12,14H2,1H3,(H2,22,26)(H,23,27). The van der Waals surface area contributed by atoms with Crippen LogP contribution in [-0.2, 0) is 14.8 Å². The third kappa shape index (κ3) is 5.96. The zero-order valence-corrected chi connectivity index (χ0v) is 18.0. The van der Waals surface area contributed by atoms with Gasteiger partial charge in [-0.3, -0.25) is 19.2 Å². The minimum Gasteiger partial charge on any atom is -0.495 e. The first-order chi connectivity index (χ1) is 14.8. The van der Waals surface area contributed by atoms with Crippen LogP contribution in [0.3, 0.4) is 0 Å². The van der Waals surface area contributed by atoms with Gasteiger partial charge in [-0.2, -0.15) is 0 Å². The number of hydrogen-bond acceptors (Lipinski definition) is 6. The van der Waals surface area contributed by atoms with Crippen molar-refractivity contribution < 1.29 is 22.7 Å². The first-order valence-electron chi connectivity index (χ1n) is 9.86. The molecule has 1 heterocycles. The summed E-state index contributed by atoms with van der Waals surface area (Å²) in [4.78, 5) is 25.6. The first-order valence-corrected chi connectivity index (χ1v) is 11.3. The summed E-state index contributed by atoms with van der Waals surface area (Å²) in [6, 6.07) is 12.5. The van der Waals surface area contributed by atoms with Crippen molar-refractivity contribution >= 4 is 27.5 Å². The molecule has 0 bridgehead atoms. The summed E-state index contributed by atoms with van der Waals surface area (Å²) in [5.74, 6) is -0.326. The fourth-order valence-electron chi connectivity index (χ4n) is 3.46. The van der Waals surface area contributed by atoms with Crippen LogP contribution in [0.1, 0.15) is 23.2 Å². The number of piperidine rings is 1. The maximum Gasteiger partial charge on any atom is 0.262 e. The molecule has 2 aromatic rings. The van der Waals surface area contributed by atoms with Gasteiger partial charge in [0.15, 0.2) is 0 Å². The number of sulfonamides is 1. The largest absolute Gasteiger partial charge is 0.495 e. The van der Waals surface area contributed by atoms with E-state index in [1.165, 1.54) is 25.3 Å². The number of anilines is 1. The summed E-state index contributed by atoms with van der Waals surface area (Å²) >= 11 is 0. The molecule has 9 nitrogen and oxygen atoms in total. The molecule has 0 unspecified atom stereocenters. The van der Waals surface area contributed by atoms with Gasteiger partial charge in [-0.15, -0.1) is 0 Å². The lowest BCUT2D eigenvalue weighted by atomic mass is 10.0. The van der Waals surface area contributed by atoms with Crippen molar-refractivity contribution in [1.82, 2.24) is 10.2 Å². The van der Waals surface area contributed by atoms with Crippen LogP contribution < -0.4 is 20.5 Å². The first kappa shape index (κ1) is 22.6. The molecule has 3 rings (SSSR count). The van der Waals surface area contributed by atoms with E-state index in [2.05, 4.69) is 10.0 Å². The summed E-state index contributed by atoms with van der Waals surface area (Å²) in [6.07, 6.45) is 1.37. The highest BCUT2D eigenvalue weighted by molar-refractivity contribution is 7.92. The molecule has 4 N–H and O–H groups in total. The molecule has 31 heavy (non-hydrogen) atoms. The van der Waals surface area contributed by atoms with Gasteiger partial charge < -0.3 is 15.8 Å². The maximum absolute atomic E-state index is 12.8. The summed E-state index contributed by atoms with van der Waals surface area (Å²) in [5.41, 5.74) is 5.78. The zero-order valence-electron chi connectivity index (χ0n) is 17.2. The second kappa shape index (κ2) is 9.80. The third-order valence-electron chi connectivity index (χ3n) is 5.06. The Balaban J connectivity index is 1.67. The average Bonchev–Trinajstić information content (AvgIpc) is 2.75. The summed E-state index contributed by atoms with van der Waals surface area (Å²) in [5, 5.41) is 2.94. The molecule has 1 aliphatic heterocycles. The van der Waals surface area contributed by atoms with Crippen LogP contribution >= 0.6 is 0 Å². The highest BCUT2D eigenvalue weighted by Gasteiger charge is 2.23. The normalized spacial score (nSPS) is 15.3. The topological polar surface area (TPSA) is 131 Å². The molecule has 2 aromatic carbocycles. The lowest BCUT2D eigenvalue weighted by Crippen LogP contribution is -2.46. The van der Waals surface area contributed by atoms with E-state index in [9.17, 15) is 18.0 Å². The Bertz CT molecular complexity index is 1050. The van der Waals surface area contributed by atoms with Crippen molar-refractivity contribution in [2.75, 3.05) is 31.5 Å². The number of ether oxygens (including phenoxy) is 1. The number of nitrogens with zero attached hydrogens (tertiary/aromatic N) is 1. The zero-order chi connectivity index (χ0) is 22.4. The second-order valence-electron chi connectivity index (χ2n) is 7.32. The van der Waals surface area contributed by atoms with Crippen LogP contribution in [0.4, 0.5) is 5.69 Å². The van der Waals surface area contributed by atoms with E-state index in [0.29, 0.717) is 37.4 Å². The molecule has 0 saturated carbocycles. The van der Waals surface area contributed by atoms with Gasteiger partial charge in [-0.1, -0.05) is 18.2 Å². The monoisotopic (exact) mass is 446 g/mol. The van der Waals surface area contributed by atoms with E-state index in [1.807, 2.05) is 4.90 Å². The van der Waals surface area contributed by atoms with Gasteiger partial charge >= 0.3 is 0 Å². The number of para-hydroxylation sites is 2. The lowest BCUT2D eigenvalue weighted by Gasteiger charge is -2.31. The van der Waals surface area contributed by atoms with E-state index in [1.54, 1.807) is 30.3 Å². The third-order valence-corrected chi connectivity index (χ3v) is 6.42. The van der Waals surface area contributed by atoms with Gasteiger partial charge in [-0.25, -0.2) is 8.42 Å². The smallest absolute Gasteiger partial charge is 0.262 e. The number of likely N-dealkylation sites (tertiary alicyclic amines) is 1. The fourth-order valence-corrected chi connectivity index (χ4v) is 4.58. The number of amides is 2. The Hall–Kier alpha value is -3.11. The summed E-state index contributed by atoms with van der Waals surface area (Å²) in [6.45, 7) is 1.52. The van der Waals surface area contributed by atoms with Crippen molar-refractivity contribution in [2.24, 2.45) is 5.73 Å². The number of nitrogens with one attached hydrogen (secondary N) is 2. The number of nitrogens with two attached hydrogens (primary N) is 1. The number of benzene rings is 2. The number of primary amides is 1. The van der Waals surface area contributed by atoms with E-state index in [4.69, 9.17) is 10.5 Å². The molecule has 1 fully saturated rings. The molecule has 0 radical (unpaired) electrons. The van der Waals surface area contributed by atoms with Gasteiger partial charge in [0.1, 0.15) is 5.75 Å². The maximum atomic E-state index is 12.8. The molecule has 0 aliphatic carbocycles. The van der Waals surface area contributed by atoms with Crippen molar-refractivity contribution in [3.05, 3.63) is 54.1 Å². The molecular formula is C21H26N4O5S. The SMILES string of the molecule is COc1ccccc1NS(=O)(=O)c1cccc(C(=O)NC2CCN(CC(N)=O)CC2)c1. The molecule has 10 heteroatoms. The predicted octanol–water partition coefficient (Wildman–Crippen LogP) is 1.18. The van der Waals surface area contributed by atoms with Crippen LogP contribution in [0.5, 0.6) is 5.75 Å². The number of hydrogen-bond donors (Lipinski definition) is 3. The second-order valence-corrected chi connectivity index (χ2v) is 9.01. The Labute approximate surface area is 181 Å². The van der Waals surface area contributed by atoms with E-state index in [0.717, 1.165) is 0 Å². The van der Waals surface area contributed by atoms with Gasteiger partial charge in [0.25, 0.3) is 15.9 Å². The van der Waals surface area contributed by atoms with Crippen LogP contribution in [0.15, 0.2) is 53.4 Å². The van der Waals surface area contributed by atoms with E-state index >= 15 is 0 Å². The van der Waals surface area contributed by atoms with E-state index < -0.39 is 10.0 Å². The highest BCUT2D eigenvalue weighted by Crippen LogP contribution is 2.26. The molecule has 2 amide bonds. The number of methoxy groups -OCH3 is 1. The molecule has 0 atom stereocenters. The minimum atomic E-state index is -3.91. The van der Waals surface area contributed by atoms with Crippen LogP contribution in [-0.4, -0.2) is 57.9 Å². The lowest BCUT2D eigenvalue weighted by molar-refractivity contribution is -0.119. The quantitative estimate of drug-likeness (QED) is 0.558. The van der Waals surface area contributed by atoms with Crippen LogP contribution in [0, 0.1) is 0 Å². The van der Waals surface area contributed by atoms with Crippen molar-refractivity contribution in [3.63, 3.8) is 0 Å². The van der Waals surface area contributed by atoms with Gasteiger partial charge in [0.05, 0.1) is 24.2 Å². The fraction of sp³-hybridized carbons (Fsp3) is 0.333. The Morgan fingerprint density at radius 1 is 1.13 bits per heavy atom. The molecular weight excluding hydrogens is 420 g/mol. The Kier molecular flexibility index (Phi) is 7.13. The summed E-state index contributed by atoms with van der Waals surface area (Å²) in [7, 11) is -2.46.